The molecule has 0 amide bonds. The Bertz CT molecular complexity index is 811. The second-order valence-corrected chi connectivity index (χ2v) is 6.20. The summed E-state index contributed by atoms with van der Waals surface area (Å²) in [6.07, 6.45) is 1.98. The zero-order valence-electron chi connectivity index (χ0n) is 13.3. The molecule has 5 nitrogen and oxygen atoms in total. The monoisotopic (exact) mass is 347 g/mol. The first-order chi connectivity index (χ1) is 11.2. The van der Waals surface area contributed by atoms with E-state index >= 15 is 0 Å². The van der Waals surface area contributed by atoms with Crippen LogP contribution in [-0.2, 0) is 0 Å². The summed E-state index contributed by atoms with van der Waals surface area (Å²) < 4.78 is 1.82. The third-order valence-electron chi connectivity index (χ3n) is 3.65. The first-order valence-electron chi connectivity index (χ1n) is 7.49. The molecule has 1 aromatic carbocycles. The van der Waals surface area contributed by atoms with Crippen LogP contribution in [0.25, 0.3) is 16.9 Å². The van der Waals surface area contributed by atoms with Crippen LogP contribution < -0.4 is 4.90 Å². The van der Waals surface area contributed by atoms with E-state index in [1.165, 1.54) is 11.8 Å². The van der Waals surface area contributed by atoms with Gasteiger partial charge in [-0.25, -0.2) is 4.98 Å². The average molecular weight is 348 g/mol. The molecule has 3 aromatic rings. The lowest BCUT2D eigenvalue weighted by Crippen LogP contribution is -2.26. The summed E-state index contributed by atoms with van der Waals surface area (Å²) >= 11 is 7.50. The van der Waals surface area contributed by atoms with Crippen LogP contribution in [0.4, 0.5) is 5.95 Å². The fourth-order valence-corrected chi connectivity index (χ4v) is 2.90. The van der Waals surface area contributed by atoms with Crippen LogP contribution in [0.15, 0.2) is 35.5 Å². The summed E-state index contributed by atoms with van der Waals surface area (Å²) in [5.41, 5.74) is 2.68. The molecule has 2 aromatic heterocycles. The highest BCUT2D eigenvalue weighted by Crippen LogP contribution is 2.24. The van der Waals surface area contributed by atoms with E-state index in [1.807, 2.05) is 41.1 Å². The maximum atomic E-state index is 5.96. The number of halogens is 1. The minimum Gasteiger partial charge on any atom is -0.341 e. The SMILES string of the molecule is CCN(CC)c1nc(SC)nc2cc(-c3ccc(Cl)cc3)nn12. The van der Waals surface area contributed by atoms with Crippen molar-refractivity contribution < 1.29 is 0 Å². The summed E-state index contributed by atoms with van der Waals surface area (Å²) in [5, 5.41) is 6.17. The van der Waals surface area contributed by atoms with Gasteiger partial charge in [-0.05, 0) is 32.2 Å². The molecule has 120 valence electrons. The predicted octanol–water partition coefficient (Wildman–Crippen LogP) is 4.01. The Labute approximate surface area is 144 Å². The first kappa shape index (κ1) is 16.1. The molecule has 0 aliphatic heterocycles. The lowest BCUT2D eigenvalue weighted by Gasteiger charge is -2.20. The average Bonchev–Trinajstić information content (AvgIpc) is 3.00. The molecule has 0 spiro atoms. The van der Waals surface area contributed by atoms with Crippen LogP contribution in [0.5, 0.6) is 0 Å². The molecule has 0 saturated carbocycles. The maximum Gasteiger partial charge on any atom is 0.231 e. The highest BCUT2D eigenvalue weighted by molar-refractivity contribution is 7.98. The molecular weight excluding hydrogens is 330 g/mol. The second-order valence-electron chi connectivity index (χ2n) is 4.99. The second kappa shape index (κ2) is 6.76. The smallest absolute Gasteiger partial charge is 0.231 e. The van der Waals surface area contributed by atoms with Gasteiger partial charge in [0.2, 0.25) is 5.95 Å². The fraction of sp³-hybridized carbons (Fsp3) is 0.312. The van der Waals surface area contributed by atoms with Crippen LogP contribution in [0.2, 0.25) is 5.02 Å². The van der Waals surface area contributed by atoms with E-state index in [0.29, 0.717) is 5.02 Å². The van der Waals surface area contributed by atoms with Crippen molar-refractivity contribution in [2.45, 2.75) is 19.0 Å². The standard InChI is InChI=1S/C16H18ClN5S/c1-4-21(5-2)16-19-15(23-3)18-14-10-13(20-22(14)16)11-6-8-12(17)9-7-11/h6-10H,4-5H2,1-3H3. The van der Waals surface area contributed by atoms with Crippen LogP contribution >= 0.6 is 23.4 Å². The minimum atomic E-state index is 0.714. The van der Waals surface area contributed by atoms with Crippen molar-refractivity contribution in [1.82, 2.24) is 19.6 Å². The van der Waals surface area contributed by atoms with E-state index in [-0.39, 0.29) is 0 Å². The zero-order valence-corrected chi connectivity index (χ0v) is 14.9. The number of hydrogen-bond donors (Lipinski definition) is 0. The molecule has 0 atom stereocenters. The molecule has 23 heavy (non-hydrogen) atoms. The van der Waals surface area contributed by atoms with E-state index in [1.54, 1.807) is 0 Å². The van der Waals surface area contributed by atoms with Gasteiger partial charge in [0.15, 0.2) is 10.8 Å². The number of anilines is 1. The van der Waals surface area contributed by atoms with Crippen LogP contribution in [-0.4, -0.2) is 38.9 Å². The number of aromatic nitrogens is 4. The van der Waals surface area contributed by atoms with Crippen molar-refractivity contribution in [3.05, 3.63) is 35.4 Å². The topological polar surface area (TPSA) is 46.3 Å². The summed E-state index contributed by atoms with van der Waals surface area (Å²) in [5.74, 6) is 0.824. The van der Waals surface area contributed by atoms with Gasteiger partial charge in [0.1, 0.15) is 0 Å². The highest BCUT2D eigenvalue weighted by Gasteiger charge is 2.15. The number of nitrogens with zero attached hydrogens (tertiary/aromatic N) is 5. The normalized spacial score (nSPS) is 11.1. The Morgan fingerprint density at radius 2 is 1.83 bits per heavy atom. The van der Waals surface area contributed by atoms with Gasteiger partial charge >= 0.3 is 0 Å². The lowest BCUT2D eigenvalue weighted by molar-refractivity contribution is 0.744. The molecule has 0 radical (unpaired) electrons. The van der Waals surface area contributed by atoms with Crippen LogP contribution in [0.1, 0.15) is 13.8 Å². The van der Waals surface area contributed by atoms with Gasteiger partial charge < -0.3 is 4.90 Å². The number of thioether (sulfide) groups is 1. The number of fused-ring (bicyclic) bond motifs is 1. The van der Waals surface area contributed by atoms with Gasteiger partial charge in [-0.2, -0.15) is 14.6 Å². The number of rotatable bonds is 5. The van der Waals surface area contributed by atoms with Crippen molar-refractivity contribution in [2.75, 3.05) is 24.2 Å². The number of benzene rings is 1. The molecular formula is C16H18ClN5S. The van der Waals surface area contributed by atoms with Gasteiger partial charge in [-0.1, -0.05) is 35.5 Å². The molecule has 0 fully saturated rings. The molecule has 0 bridgehead atoms. The first-order valence-corrected chi connectivity index (χ1v) is 9.09. The van der Waals surface area contributed by atoms with Crippen LogP contribution in [0.3, 0.4) is 0 Å². The maximum absolute atomic E-state index is 5.96. The molecule has 0 aliphatic carbocycles. The van der Waals surface area contributed by atoms with Gasteiger partial charge in [-0.15, -0.1) is 0 Å². The minimum absolute atomic E-state index is 0.714. The molecule has 7 heteroatoms. The zero-order chi connectivity index (χ0) is 16.4. The predicted molar refractivity (Wildman–Crippen MR) is 96.6 cm³/mol. The van der Waals surface area contributed by atoms with Crippen molar-refractivity contribution in [2.24, 2.45) is 0 Å². The Balaban J connectivity index is 2.17. The van der Waals surface area contributed by atoms with Gasteiger partial charge in [0.25, 0.3) is 0 Å². The third kappa shape index (κ3) is 3.14. The Kier molecular flexibility index (Phi) is 4.73. The molecule has 3 rings (SSSR count). The Morgan fingerprint density at radius 3 is 2.43 bits per heavy atom. The van der Waals surface area contributed by atoms with E-state index in [9.17, 15) is 0 Å². The van der Waals surface area contributed by atoms with E-state index in [2.05, 4.69) is 28.7 Å². The van der Waals surface area contributed by atoms with Gasteiger partial charge in [0.05, 0.1) is 5.69 Å². The summed E-state index contributed by atoms with van der Waals surface area (Å²) in [6, 6.07) is 9.64. The fourth-order valence-electron chi connectivity index (χ4n) is 2.42. The highest BCUT2D eigenvalue weighted by atomic mass is 35.5. The molecule has 0 aliphatic rings. The molecule has 0 N–H and O–H groups in total. The summed E-state index contributed by atoms with van der Waals surface area (Å²) in [4.78, 5) is 11.4. The van der Waals surface area contributed by atoms with Crippen molar-refractivity contribution >= 4 is 35.0 Å². The number of hydrogen-bond acceptors (Lipinski definition) is 5. The van der Waals surface area contributed by atoms with Crippen molar-refractivity contribution in [3.8, 4) is 11.3 Å². The Hall–Kier alpha value is -1.79. The Morgan fingerprint density at radius 1 is 1.13 bits per heavy atom. The van der Waals surface area contributed by atoms with Gasteiger partial charge in [0, 0.05) is 29.7 Å². The molecule has 0 saturated heterocycles. The molecule has 2 heterocycles. The quantitative estimate of drug-likeness (QED) is 0.652. The third-order valence-corrected chi connectivity index (χ3v) is 4.45. The molecule has 0 unspecified atom stereocenters. The summed E-state index contributed by atoms with van der Waals surface area (Å²) in [7, 11) is 0. The van der Waals surface area contributed by atoms with E-state index in [0.717, 1.165) is 41.1 Å². The van der Waals surface area contributed by atoms with Gasteiger partial charge in [-0.3, -0.25) is 0 Å². The van der Waals surface area contributed by atoms with Crippen molar-refractivity contribution in [3.63, 3.8) is 0 Å². The van der Waals surface area contributed by atoms with Crippen molar-refractivity contribution in [1.29, 1.82) is 0 Å². The van der Waals surface area contributed by atoms with Crippen LogP contribution in [0, 0.1) is 0 Å². The lowest BCUT2D eigenvalue weighted by atomic mass is 10.2. The van der Waals surface area contributed by atoms with E-state index < -0.39 is 0 Å². The largest absolute Gasteiger partial charge is 0.341 e. The van der Waals surface area contributed by atoms with E-state index in [4.69, 9.17) is 16.7 Å². The summed E-state index contributed by atoms with van der Waals surface area (Å²) in [6.45, 7) is 5.96.